The van der Waals surface area contributed by atoms with Gasteiger partial charge in [0.05, 0.1) is 6.10 Å². The molecule has 0 aliphatic rings. The highest BCUT2D eigenvalue weighted by Gasteiger charge is 2.09. The number of H-pyrrole nitrogens is 1. The maximum Gasteiger partial charge on any atom is 0.323 e. The van der Waals surface area contributed by atoms with Crippen LogP contribution in [-0.2, 0) is 0 Å². The molecule has 0 spiro atoms. The third-order valence-electron chi connectivity index (χ3n) is 4.42. The summed E-state index contributed by atoms with van der Waals surface area (Å²) >= 11 is 0. The van der Waals surface area contributed by atoms with E-state index in [1.807, 2.05) is 26.0 Å². The topological polar surface area (TPSA) is 121 Å². The molecule has 4 aromatic rings. The molecule has 0 radical (unpaired) electrons. The number of ether oxygens (including phenoxy) is 1. The molecule has 2 aromatic carbocycles. The average molecular weight is 430 g/mol. The van der Waals surface area contributed by atoms with Crippen LogP contribution in [0.15, 0.2) is 71.9 Å². The minimum absolute atomic E-state index is 0.0462. The smallest absolute Gasteiger partial charge is 0.323 e. The molecule has 0 aliphatic heterocycles. The number of nitrogens with one attached hydrogen (secondary N) is 4. The Labute approximate surface area is 183 Å². The van der Waals surface area contributed by atoms with E-state index in [0.717, 1.165) is 0 Å². The second kappa shape index (κ2) is 9.17. The lowest BCUT2D eigenvalue weighted by Crippen LogP contribution is -2.19. The molecule has 9 heteroatoms. The zero-order chi connectivity index (χ0) is 22.5. The van der Waals surface area contributed by atoms with Gasteiger partial charge in [-0.25, -0.2) is 14.8 Å². The Morgan fingerprint density at radius 3 is 2.50 bits per heavy atom. The summed E-state index contributed by atoms with van der Waals surface area (Å²) in [5, 5.41) is 9.06. The van der Waals surface area contributed by atoms with Gasteiger partial charge in [-0.15, -0.1) is 0 Å². The van der Waals surface area contributed by atoms with Crippen molar-refractivity contribution in [2.24, 2.45) is 0 Å². The summed E-state index contributed by atoms with van der Waals surface area (Å²) in [6, 6.07) is 15.3. The largest absolute Gasteiger partial charge is 0.491 e. The van der Waals surface area contributed by atoms with Crippen LogP contribution in [0.2, 0.25) is 0 Å². The highest BCUT2D eigenvalue weighted by atomic mass is 16.5. The van der Waals surface area contributed by atoms with Crippen molar-refractivity contribution in [2.75, 3.05) is 16.0 Å². The van der Waals surface area contributed by atoms with Crippen LogP contribution in [0.3, 0.4) is 0 Å². The number of amides is 2. The zero-order valence-electron chi connectivity index (χ0n) is 17.5. The quantitative estimate of drug-likeness (QED) is 0.358. The van der Waals surface area contributed by atoms with Crippen LogP contribution in [0.4, 0.5) is 27.7 Å². The van der Waals surface area contributed by atoms with Crippen molar-refractivity contribution in [2.45, 2.75) is 20.0 Å². The van der Waals surface area contributed by atoms with E-state index in [1.54, 1.807) is 42.6 Å². The molecule has 9 nitrogen and oxygen atoms in total. The van der Waals surface area contributed by atoms with Crippen molar-refractivity contribution in [1.29, 1.82) is 0 Å². The minimum Gasteiger partial charge on any atom is -0.491 e. The van der Waals surface area contributed by atoms with Gasteiger partial charge < -0.3 is 25.7 Å². The van der Waals surface area contributed by atoms with Crippen LogP contribution in [0.25, 0.3) is 11.0 Å². The first-order chi connectivity index (χ1) is 15.5. The molecule has 0 atom stereocenters. The molecule has 0 saturated carbocycles. The lowest BCUT2D eigenvalue weighted by Gasteiger charge is -2.12. The maximum absolute atomic E-state index is 12.3. The predicted molar refractivity (Wildman–Crippen MR) is 125 cm³/mol. The standard InChI is InChI=1S/C23H22N6O3/c1-14(2)32-18-5-3-4-17(12-18)29-23(31)28-16-8-6-15(7-9-16)27-22-20-19(30)10-11-24-21(20)25-13-26-22/h3-14H,1-2H3,(H2,28,29,31)(H2,24,25,26,27,30). The van der Waals surface area contributed by atoms with Crippen LogP contribution in [0, 0.1) is 0 Å². The van der Waals surface area contributed by atoms with Crippen LogP contribution in [-0.4, -0.2) is 27.1 Å². The van der Waals surface area contributed by atoms with Gasteiger partial charge in [0.1, 0.15) is 28.9 Å². The van der Waals surface area contributed by atoms with Crippen molar-refractivity contribution < 1.29 is 9.53 Å². The number of anilines is 4. The van der Waals surface area contributed by atoms with Crippen LogP contribution >= 0.6 is 0 Å². The Bertz CT molecular complexity index is 1300. The summed E-state index contributed by atoms with van der Waals surface area (Å²) in [6.07, 6.45) is 2.97. The lowest BCUT2D eigenvalue weighted by atomic mass is 10.2. The number of carbonyl (C=O) groups is 1. The fourth-order valence-corrected chi connectivity index (χ4v) is 3.09. The van der Waals surface area contributed by atoms with Gasteiger partial charge in [0.2, 0.25) is 0 Å². The molecule has 0 fully saturated rings. The Morgan fingerprint density at radius 1 is 0.969 bits per heavy atom. The molecular formula is C23H22N6O3. The van der Waals surface area contributed by atoms with Gasteiger partial charge in [0.25, 0.3) is 0 Å². The van der Waals surface area contributed by atoms with E-state index < -0.39 is 0 Å². The molecule has 4 N–H and O–H groups in total. The van der Waals surface area contributed by atoms with Gasteiger partial charge in [-0.3, -0.25) is 4.79 Å². The Morgan fingerprint density at radius 2 is 1.72 bits per heavy atom. The number of pyridine rings is 1. The van der Waals surface area contributed by atoms with Crippen molar-refractivity contribution in [1.82, 2.24) is 15.0 Å². The molecule has 2 amide bonds. The van der Waals surface area contributed by atoms with E-state index >= 15 is 0 Å². The fourth-order valence-electron chi connectivity index (χ4n) is 3.09. The van der Waals surface area contributed by atoms with E-state index in [-0.39, 0.29) is 17.6 Å². The molecule has 0 aliphatic carbocycles. The number of hydrogen-bond donors (Lipinski definition) is 4. The molecule has 32 heavy (non-hydrogen) atoms. The number of hydrogen-bond acceptors (Lipinski definition) is 6. The normalized spacial score (nSPS) is 10.7. The third kappa shape index (κ3) is 5.01. The van der Waals surface area contributed by atoms with E-state index in [4.69, 9.17) is 4.74 Å². The van der Waals surface area contributed by atoms with Gasteiger partial charge in [-0.05, 0) is 50.2 Å². The number of nitrogens with zero attached hydrogens (tertiary/aromatic N) is 2. The Kier molecular flexibility index (Phi) is 5.98. The van der Waals surface area contributed by atoms with E-state index in [2.05, 4.69) is 30.9 Å². The first-order valence-electron chi connectivity index (χ1n) is 10.0. The van der Waals surface area contributed by atoms with Gasteiger partial charge >= 0.3 is 6.03 Å². The minimum atomic E-state index is -0.374. The fraction of sp³-hybridized carbons (Fsp3) is 0.130. The second-order valence-electron chi connectivity index (χ2n) is 7.26. The Balaban J connectivity index is 1.41. The monoisotopic (exact) mass is 430 g/mol. The summed E-state index contributed by atoms with van der Waals surface area (Å²) in [4.78, 5) is 35.7. The van der Waals surface area contributed by atoms with E-state index in [9.17, 15) is 9.59 Å². The number of carbonyl (C=O) groups excluding carboxylic acids is 1. The van der Waals surface area contributed by atoms with Crippen LogP contribution in [0.1, 0.15) is 13.8 Å². The lowest BCUT2D eigenvalue weighted by molar-refractivity contribution is 0.242. The zero-order valence-corrected chi connectivity index (χ0v) is 17.5. The number of fused-ring (bicyclic) bond motifs is 1. The third-order valence-corrected chi connectivity index (χ3v) is 4.42. The molecule has 162 valence electrons. The second-order valence-corrected chi connectivity index (χ2v) is 7.26. The number of aromatic amines is 1. The Hall–Kier alpha value is -4.40. The summed E-state index contributed by atoms with van der Waals surface area (Å²) in [5.74, 6) is 1.09. The van der Waals surface area contributed by atoms with Crippen molar-refractivity contribution >= 4 is 39.9 Å². The molecule has 2 heterocycles. The summed E-state index contributed by atoms with van der Waals surface area (Å²) in [6.45, 7) is 3.88. The molecule has 4 rings (SSSR count). The highest BCUT2D eigenvalue weighted by molar-refractivity contribution is 6.00. The maximum atomic E-state index is 12.3. The number of rotatable bonds is 6. The van der Waals surface area contributed by atoms with Gasteiger partial charge in [-0.2, -0.15) is 0 Å². The number of urea groups is 1. The molecule has 0 saturated heterocycles. The van der Waals surface area contributed by atoms with Gasteiger partial charge in [0.15, 0.2) is 5.43 Å². The highest BCUT2D eigenvalue weighted by Crippen LogP contribution is 2.22. The molecular weight excluding hydrogens is 408 g/mol. The van der Waals surface area contributed by atoms with Crippen LogP contribution < -0.4 is 26.1 Å². The van der Waals surface area contributed by atoms with E-state index in [0.29, 0.717) is 39.7 Å². The van der Waals surface area contributed by atoms with Crippen molar-refractivity contribution in [3.63, 3.8) is 0 Å². The van der Waals surface area contributed by atoms with Crippen molar-refractivity contribution in [3.8, 4) is 5.75 Å². The van der Waals surface area contributed by atoms with Gasteiger partial charge in [0, 0.05) is 35.4 Å². The molecule has 0 unspecified atom stereocenters. The average Bonchev–Trinajstić information content (AvgIpc) is 2.75. The predicted octanol–water partition coefficient (Wildman–Crippen LogP) is 4.49. The number of aromatic nitrogens is 3. The first kappa shape index (κ1) is 20.9. The number of benzene rings is 2. The summed E-state index contributed by atoms with van der Waals surface area (Å²) in [5.41, 5.74) is 2.21. The molecule has 0 bridgehead atoms. The summed E-state index contributed by atoms with van der Waals surface area (Å²) < 4.78 is 5.64. The summed E-state index contributed by atoms with van der Waals surface area (Å²) in [7, 11) is 0. The van der Waals surface area contributed by atoms with Gasteiger partial charge in [-0.1, -0.05) is 6.07 Å². The van der Waals surface area contributed by atoms with Crippen LogP contribution in [0.5, 0.6) is 5.75 Å². The first-order valence-corrected chi connectivity index (χ1v) is 10.0. The SMILES string of the molecule is CC(C)Oc1cccc(NC(=O)Nc2ccc(Nc3ncnc4[nH]ccc(=O)c34)cc2)c1. The van der Waals surface area contributed by atoms with E-state index in [1.165, 1.54) is 12.4 Å². The molecule has 2 aromatic heterocycles. The van der Waals surface area contributed by atoms with Crippen molar-refractivity contribution in [3.05, 3.63) is 77.3 Å².